The van der Waals surface area contributed by atoms with Gasteiger partial charge in [-0.05, 0) is 47.3 Å². The molecular formula is C11H14O. The van der Waals surface area contributed by atoms with E-state index < -0.39 is 0 Å². The van der Waals surface area contributed by atoms with Crippen LogP contribution in [0.2, 0.25) is 0 Å². The Morgan fingerprint density at radius 2 is 1.83 bits per heavy atom. The van der Waals surface area contributed by atoms with E-state index in [1.54, 1.807) is 0 Å². The highest BCUT2D eigenvalue weighted by atomic mass is 16.3. The first-order chi connectivity index (χ1) is 5.79. The Morgan fingerprint density at radius 3 is 2.33 bits per heavy atom. The second kappa shape index (κ2) is 1.06. The molecule has 64 valence electrons. The quantitative estimate of drug-likeness (QED) is 0.648. The molecule has 0 aliphatic heterocycles. The molecule has 6 aliphatic rings. The van der Waals surface area contributed by atoms with Gasteiger partial charge in [0.2, 0.25) is 0 Å². The van der Waals surface area contributed by atoms with Gasteiger partial charge >= 0.3 is 0 Å². The highest BCUT2D eigenvalue weighted by Crippen LogP contribution is 3.07. The van der Waals surface area contributed by atoms with Crippen LogP contribution in [0.15, 0.2) is 0 Å². The summed E-state index contributed by atoms with van der Waals surface area (Å²) in [5.74, 6) is 5.58. The van der Waals surface area contributed by atoms with E-state index in [1.165, 1.54) is 12.8 Å². The molecule has 0 aromatic heterocycles. The van der Waals surface area contributed by atoms with Crippen molar-refractivity contribution in [1.29, 1.82) is 0 Å². The summed E-state index contributed by atoms with van der Waals surface area (Å²) in [6.07, 6.45) is 2.76. The zero-order valence-electron chi connectivity index (χ0n) is 7.33. The van der Waals surface area contributed by atoms with E-state index in [4.69, 9.17) is 0 Å². The Balaban J connectivity index is 1.65. The van der Waals surface area contributed by atoms with Crippen molar-refractivity contribution < 1.29 is 5.11 Å². The van der Waals surface area contributed by atoms with Crippen molar-refractivity contribution in [3.8, 4) is 0 Å². The van der Waals surface area contributed by atoms with E-state index in [2.05, 4.69) is 6.92 Å². The van der Waals surface area contributed by atoms with Crippen molar-refractivity contribution in [1.82, 2.24) is 0 Å². The summed E-state index contributed by atoms with van der Waals surface area (Å²) in [4.78, 5) is 0. The van der Waals surface area contributed by atoms with Gasteiger partial charge in [0.1, 0.15) is 0 Å². The van der Waals surface area contributed by atoms with Crippen LogP contribution < -0.4 is 0 Å². The van der Waals surface area contributed by atoms with Crippen LogP contribution in [0.4, 0.5) is 0 Å². The molecule has 0 heterocycles. The third-order valence-corrected chi connectivity index (χ3v) is 6.42. The number of rotatable bonds is 2. The van der Waals surface area contributed by atoms with Crippen molar-refractivity contribution in [2.45, 2.75) is 25.4 Å². The fourth-order valence-corrected chi connectivity index (χ4v) is 6.73. The molecule has 0 bridgehead atoms. The smallest absolute Gasteiger partial charge is 0.0754 e. The highest BCUT2D eigenvalue weighted by Gasteiger charge is 3.09. The first kappa shape index (κ1) is 5.64. The van der Waals surface area contributed by atoms with E-state index in [-0.39, 0.29) is 5.60 Å². The maximum absolute atomic E-state index is 10.2. The van der Waals surface area contributed by atoms with Gasteiger partial charge in [0.15, 0.2) is 0 Å². The van der Waals surface area contributed by atoms with E-state index in [1.807, 2.05) is 0 Å². The Labute approximate surface area is 72.2 Å². The Bertz CT molecular complexity index is 301. The Morgan fingerprint density at radius 1 is 1.17 bits per heavy atom. The molecule has 0 spiro atoms. The highest BCUT2D eigenvalue weighted by molar-refractivity contribution is 5.56. The SMILES string of the molecule is CCCC12C3C4C5C3C1C5(O)C42. The molecule has 0 amide bonds. The van der Waals surface area contributed by atoms with Crippen molar-refractivity contribution >= 4 is 0 Å². The fraction of sp³-hybridized carbons (Fsp3) is 1.00. The molecule has 0 aromatic rings. The van der Waals surface area contributed by atoms with Crippen molar-refractivity contribution in [3.05, 3.63) is 0 Å². The van der Waals surface area contributed by atoms with Gasteiger partial charge < -0.3 is 5.11 Å². The van der Waals surface area contributed by atoms with Gasteiger partial charge in [0.05, 0.1) is 5.60 Å². The van der Waals surface area contributed by atoms with E-state index in [0.29, 0.717) is 0 Å². The van der Waals surface area contributed by atoms with Gasteiger partial charge in [-0.2, -0.15) is 0 Å². The lowest BCUT2D eigenvalue weighted by atomic mass is 8.94. The van der Waals surface area contributed by atoms with Crippen molar-refractivity contribution in [3.63, 3.8) is 0 Å². The topological polar surface area (TPSA) is 20.2 Å². The molecule has 0 saturated heterocycles. The molecule has 1 N–H and O–H groups in total. The minimum atomic E-state index is -0.0702. The lowest BCUT2D eigenvalue weighted by Gasteiger charge is -3.10. The summed E-state index contributed by atoms with van der Waals surface area (Å²) in [7, 11) is 0. The lowest BCUT2D eigenvalue weighted by molar-refractivity contribution is -0.664. The Hall–Kier alpha value is -0.0400. The number of aliphatic hydroxyl groups is 1. The predicted octanol–water partition coefficient (Wildman–Crippen LogP) is 1.27. The molecule has 0 radical (unpaired) electrons. The summed E-state index contributed by atoms with van der Waals surface area (Å²) in [5.41, 5.74) is 0.660. The van der Waals surface area contributed by atoms with Crippen LogP contribution in [-0.2, 0) is 0 Å². The molecule has 6 saturated carbocycles. The summed E-state index contributed by atoms with van der Waals surface area (Å²) < 4.78 is 0. The van der Waals surface area contributed by atoms with Crippen LogP contribution >= 0.6 is 0 Å². The lowest BCUT2D eigenvalue weighted by Crippen LogP contribution is -3.12. The molecule has 4 atom stereocenters. The maximum Gasteiger partial charge on any atom is 0.0754 e. The average Bonchev–Trinajstić information content (AvgIpc) is 2.04. The monoisotopic (exact) mass is 162 g/mol. The third kappa shape index (κ3) is 0.195. The summed E-state index contributed by atoms with van der Waals surface area (Å²) in [6, 6.07) is 0. The summed E-state index contributed by atoms with van der Waals surface area (Å²) in [6.45, 7) is 2.30. The van der Waals surface area contributed by atoms with Gasteiger partial charge in [0, 0.05) is 0 Å². The minimum absolute atomic E-state index is 0.0702. The van der Waals surface area contributed by atoms with E-state index in [0.717, 1.165) is 40.9 Å². The molecule has 6 aliphatic carbocycles. The summed E-state index contributed by atoms with van der Waals surface area (Å²) in [5, 5.41) is 10.2. The fourth-order valence-electron chi connectivity index (χ4n) is 6.73. The van der Waals surface area contributed by atoms with E-state index in [9.17, 15) is 5.11 Å². The van der Waals surface area contributed by atoms with Gasteiger partial charge in [-0.1, -0.05) is 13.3 Å². The van der Waals surface area contributed by atoms with Gasteiger partial charge in [-0.15, -0.1) is 0 Å². The second-order valence-corrected chi connectivity index (χ2v) is 5.91. The van der Waals surface area contributed by atoms with Crippen molar-refractivity contribution in [2.24, 2.45) is 40.9 Å². The summed E-state index contributed by atoms with van der Waals surface area (Å²) >= 11 is 0. The molecule has 4 unspecified atom stereocenters. The van der Waals surface area contributed by atoms with Gasteiger partial charge in [-0.3, -0.25) is 0 Å². The van der Waals surface area contributed by atoms with Crippen LogP contribution in [0.5, 0.6) is 0 Å². The van der Waals surface area contributed by atoms with Crippen LogP contribution in [0.3, 0.4) is 0 Å². The van der Waals surface area contributed by atoms with E-state index >= 15 is 0 Å². The zero-order valence-corrected chi connectivity index (χ0v) is 7.33. The second-order valence-electron chi connectivity index (χ2n) is 5.91. The van der Waals surface area contributed by atoms with Gasteiger partial charge in [-0.25, -0.2) is 0 Å². The van der Waals surface area contributed by atoms with Crippen LogP contribution in [0.25, 0.3) is 0 Å². The van der Waals surface area contributed by atoms with Crippen LogP contribution in [0.1, 0.15) is 19.8 Å². The number of hydrogen-bond donors (Lipinski definition) is 1. The zero-order chi connectivity index (χ0) is 7.88. The standard InChI is InChI=1S/C11H14O/c1-2-3-10-6-4-7-5(6)9(10)11(7,12)8(4)10/h4-9,12H,2-3H2,1H3. The molecule has 1 nitrogen and oxygen atoms in total. The first-order valence-electron chi connectivity index (χ1n) is 5.52. The third-order valence-electron chi connectivity index (χ3n) is 6.42. The number of hydrogen-bond acceptors (Lipinski definition) is 1. The van der Waals surface area contributed by atoms with Crippen molar-refractivity contribution in [2.75, 3.05) is 0 Å². The molecule has 6 rings (SSSR count). The maximum atomic E-state index is 10.2. The molecular weight excluding hydrogens is 148 g/mol. The molecule has 1 heteroatoms. The molecule has 6 fully saturated rings. The average molecular weight is 162 g/mol. The van der Waals surface area contributed by atoms with Crippen LogP contribution in [0, 0.1) is 40.9 Å². The molecule has 12 heavy (non-hydrogen) atoms. The molecule has 0 aromatic carbocycles. The van der Waals surface area contributed by atoms with Gasteiger partial charge in [0.25, 0.3) is 0 Å². The Kier molecular flexibility index (Phi) is 0.500. The minimum Gasteiger partial charge on any atom is -0.389 e. The predicted molar refractivity (Wildman–Crippen MR) is 43.2 cm³/mol. The normalized spacial score (nSPS) is 88.5. The largest absolute Gasteiger partial charge is 0.389 e. The first-order valence-corrected chi connectivity index (χ1v) is 5.52. The van der Waals surface area contributed by atoms with Crippen LogP contribution in [-0.4, -0.2) is 10.7 Å².